The minimum atomic E-state index is 0.434. The summed E-state index contributed by atoms with van der Waals surface area (Å²) in [5.74, 6) is 0.434. The number of nitrogens with zero attached hydrogens (tertiary/aromatic N) is 1. The van der Waals surface area contributed by atoms with Gasteiger partial charge in [0.05, 0.1) is 6.54 Å². The van der Waals surface area contributed by atoms with E-state index in [9.17, 15) is 0 Å². The Morgan fingerprint density at radius 1 is 1.17 bits per heavy atom. The van der Waals surface area contributed by atoms with Gasteiger partial charge in [-0.25, -0.2) is 0 Å². The summed E-state index contributed by atoms with van der Waals surface area (Å²) in [4.78, 5) is 4.85. The Kier molecular flexibility index (Phi) is 8.94. The topological polar surface area (TPSA) is 12.4 Å². The predicted octanol–water partition coefficient (Wildman–Crippen LogP) is 5.88. The van der Waals surface area contributed by atoms with E-state index in [1.807, 2.05) is 6.08 Å². The maximum atomic E-state index is 4.85. The van der Waals surface area contributed by atoms with E-state index in [0.29, 0.717) is 5.92 Å². The number of rotatable bonds is 4. The van der Waals surface area contributed by atoms with Crippen molar-refractivity contribution in [2.24, 2.45) is 10.9 Å². The monoisotopic (exact) mass is 317 g/mol. The van der Waals surface area contributed by atoms with E-state index in [1.54, 1.807) is 0 Å². The third kappa shape index (κ3) is 5.25. The molecule has 2 rings (SSSR count). The lowest BCUT2D eigenvalue weighted by Crippen LogP contribution is -2.15. The minimum absolute atomic E-state index is 0.434. The van der Waals surface area contributed by atoms with Gasteiger partial charge in [0.25, 0.3) is 0 Å². The zero-order valence-electron chi connectivity index (χ0n) is 14.8. The quantitative estimate of drug-likeness (QED) is 0.615. The van der Waals surface area contributed by atoms with Crippen molar-refractivity contribution in [3.8, 4) is 12.8 Å². The highest BCUT2D eigenvalue weighted by atomic mass is 14.7. The van der Waals surface area contributed by atoms with Crippen molar-refractivity contribution in [3.05, 3.63) is 78.4 Å². The highest BCUT2D eigenvalue weighted by Crippen LogP contribution is 2.28. The van der Waals surface area contributed by atoms with Crippen LogP contribution in [-0.4, -0.2) is 12.3 Å². The Hall–Kier alpha value is -2.59. The molecule has 0 saturated carbocycles. The number of allylic oxidation sites excluding steroid dienone is 6. The number of hydrogen-bond donors (Lipinski definition) is 0. The second-order valence-corrected chi connectivity index (χ2v) is 5.56. The lowest BCUT2D eigenvalue weighted by atomic mass is 9.88. The van der Waals surface area contributed by atoms with Crippen LogP contribution in [0.2, 0.25) is 0 Å². The van der Waals surface area contributed by atoms with Gasteiger partial charge in [0.15, 0.2) is 0 Å². The summed E-state index contributed by atoms with van der Waals surface area (Å²) >= 11 is 0. The Morgan fingerprint density at radius 2 is 1.83 bits per heavy atom. The van der Waals surface area contributed by atoms with Gasteiger partial charge >= 0.3 is 0 Å². The van der Waals surface area contributed by atoms with E-state index in [1.165, 1.54) is 22.4 Å². The van der Waals surface area contributed by atoms with Crippen molar-refractivity contribution in [2.75, 3.05) is 6.54 Å². The molecule has 1 aromatic carbocycles. The smallest absolute Gasteiger partial charge is 0.0577 e. The van der Waals surface area contributed by atoms with E-state index in [0.717, 1.165) is 19.4 Å². The summed E-state index contributed by atoms with van der Waals surface area (Å²) in [5, 5.41) is 0. The molecule has 0 N–H and O–H groups in total. The first-order valence-corrected chi connectivity index (χ1v) is 8.38. The van der Waals surface area contributed by atoms with Gasteiger partial charge in [-0.15, -0.1) is 12.8 Å². The van der Waals surface area contributed by atoms with Gasteiger partial charge in [0, 0.05) is 5.71 Å². The van der Waals surface area contributed by atoms with Gasteiger partial charge in [0.1, 0.15) is 0 Å². The van der Waals surface area contributed by atoms with E-state index in [4.69, 9.17) is 4.99 Å². The van der Waals surface area contributed by atoms with E-state index in [-0.39, 0.29) is 0 Å². The Bertz CT molecular complexity index is 654. The van der Waals surface area contributed by atoms with Crippen LogP contribution in [0.3, 0.4) is 0 Å². The summed E-state index contributed by atoms with van der Waals surface area (Å²) in [7, 11) is 0. The van der Waals surface area contributed by atoms with Crippen molar-refractivity contribution in [3.63, 3.8) is 0 Å². The third-order valence-corrected chi connectivity index (χ3v) is 4.08. The molecule has 0 amide bonds. The fourth-order valence-electron chi connectivity index (χ4n) is 2.66. The Labute approximate surface area is 147 Å². The van der Waals surface area contributed by atoms with E-state index < -0.39 is 0 Å². The molecule has 0 aromatic heterocycles. The van der Waals surface area contributed by atoms with Crippen molar-refractivity contribution < 1.29 is 0 Å². The average molecular weight is 317 g/mol. The predicted molar refractivity (Wildman–Crippen MR) is 108 cm³/mol. The SMILES string of the molecule is C#C.C=C/C1=C(\c2ccccc2)C/C=C\C=C/CN=C1C(C)CC. The minimum Gasteiger partial charge on any atom is -0.285 e. The molecule has 0 saturated heterocycles. The molecule has 0 fully saturated rings. The van der Waals surface area contributed by atoms with Crippen molar-refractivity contribution >= 4 is 11.3 Å². The molecule has 1 heterocycles. The molecule has 0 aliphatic carbocycles. The van der Waals surface area contributed by atoms with Crippen LogP contribution in [-0.2, 0) is 0 Å². The summed E-state index contributed by atoms with van der Waals surface area (Å²) in [6.07, 6.45) is 20.5. The molecular formula is C23H27N. The van der Waals surface area contributed by atoms with Gasteiger partial charge < -0.3 is 0 Å². The first-order chi connectivity index (χ1) is 11.8. The highest BCUT2D eigenvalue weighted by molar-refractivity contribution is 6.10. The standard InChI is InChI=1S/C21H25N.C2H2/c1-4-17(3)21-19(5-2)20(18-13-9-8-10-14-18)15-11-6-7-12-16-22-21;1-2/h5-14,17H,2,4,15-16H2,1,3H3;1-2H/b11-6-,12-7-,20-19+,22-21?;. The number of aliphatic imine (C=N–C) groups is 1. The van der Waals surface area contributed by atoms with Crippen molar-refractivity contribution in [1.29, 1.82) is 0 Å². The van der Waals surface area contributed by atoms with E-state index in [2.05, 4.69) is 87.9 Å². The summed E-state index contributed by atoms with van der Waals surface area (Å²) in [5.41, 5.74) is 4.93. The molecule has 1 aromatic rings. The molecule has 24 heavy (non-hydrogen) atoms. The molecule has 1 nitrogen and oxygen atoms in total. The molecule has 0 bridgehead atoms. The second kappa shape index (κ2) is 11.0. The Morgan fingerprint density at radius 3 is 2.46 bits per heavy atom. The highest BCUT2D eigenvalue weighted by Gasteiger charge is 2.16. The van der Waals surface area contributed by atoms with Crippen LogP contribution in [0.5, 0.6) is 0 Å². The molecule has 1 heteroatoms. The summed E-state index contributed by atoms with van der Waals surface area (Å²) < 4.78 is 0. The zero-order chi connectivity index (χ0) is 17.8. The fourth-order valence-corrected chi connectivity index (χ4v) is 2.66. The molecule has 1 atom stereocenters. The van der Waals surface area contributed by atoms with Gasteiger partial charge in [-0.3, -0.25) is 4.99 Å². The van der Waals surface area contributed by atoms with Gasteiger partial charge in [-0.2, -0.15) is 0 Å². The van der Waals surface area contributed by atoms with Crippen LogP contribution < -0.4 is 0 Å². The average Bonchev–Trinajstić information content (AvgIpc) is 2.66. The van der Waals surface area contributed by atoms with Crippen molar-refractivity contribution in [1.82, 2.24) is 0 Å². The Balaban J connectivity index is 0.00000139. The third-order valence-electron chi connectivity index (χ3n) is 4.08. The normalized spacial score (nSPS) is 21.4. The molecule has 0 radical (unpaired) electrons. The number of hydrogen-bond acceptors (Lipinski definition) is 1. The lowest BCUT2D eigenvalue weighted by molar-refractivity contribution is 0.737. The fraction of sp³-hybridized carbons (Fsp3) is 0.261. The first-order valence-electron chi connectivity index (χ1n) is 8.38. The number of terminal acetylenes is 1. The largest absolute Gasteiger partial charge is 0.285 e. The molecule has 124 valence electrons. The molecule has 0 spiro atoms. The van der Waals surface area contributed by atoms with Crippen LogP contribution in [0.4, 0.5) is 0 Å². The van der Waals surface area contributed by atoms with Gasteiger partial charge in [-0.1, -0.05) is 81.1 Å². The molecule has 1 unspecified atom stereocenters. The van der Waals surface area contributed by atoms with Crippen LogP contribution in [0.25, 0.3) is 5.57 Å². The van der Waals surface area contributed by atoms with Crippen LogP contribution in [0, 0.1) is 18.8 Å². The van der Waals surface area contributed by atoms with E-state index >= 15 is 0 Å². The van der Waals surface area contributed by atoms with Gasteiger partial charge in [0.2, 0.25) is 0 Å². The summed E-state index contributed by atoms with van der Waals surface area (Å²) in [6.45, 7) is 9.26. The molecule has 1 aliphatic heterocycles. The maximum absolute atomic E-state index is 4.85. The molecular weight excluding hydrogens is 290 g/mol. The molecule has 1 aliphatic rings. The van der Waals surface area contributed by atoms with Crippen LogP contribution in [0.1, 0.15) is 32.3 Å². The van der Waals surface area contributed by atoms with Crippen LogP contribution >= 0.6 is 0 Å². The maximum Gasteiger partial charge on any atom is 0.0577 e. The van der Waals surface area contributed by atoms with Crippen molar-refractivity contribution in [2.45, 2.75) is 26.7 Å². The van der Waals surface area contributed by atoms with Crippen LogP contribution in [0.15, 0.2) is 77.9 Å². The first kappa shape index (κ1) is 19.5. The zero-order valence-corrected chi connectivity index (χ0v) is 14.8. The lowest BCUT2D eigenvalue weighted by Gasteiger charge is -2.19. The van der Waals surface area contributed by atoms with Gasteiger partial charge in [-0.05, 0) is 35.5 Å². The second-order valence-electron chi connectivity index (χ2n) is 5.56. The summed E-state index contributed by atoms with van der Waals surface area (Å²) in [6, 6.07) is 10.6. The number of benzene rings is 1.